The van der Waals surface area contributed by atoms with Gasteiger partial charge in [-0.15, -0.1) is 0 Å². The molecule has 0 saturated heterocycles. The smallest absolute Gasteiger partial charge is 0.366 e. The topological polar surface area (TPSA) is 106 Å². The van der Waals surface area contributed by atoms with Gasteiger partial charge in [-0.1, -0.05) is 36.4 Å². The van der Waals surface area contributed by atoms with Crippen LogP contribution in [0, 0.1) is 0 Å². The lowest BCUT2D eigenvalue weighted by atomic mass is 9.90. The van der Waals surface area contributed by atoms with Crippen LogP contribution in [0.1, 0.15) is 33.2 Å². The van der Waals surface area contributed by atoms with E-state index < -0.39 is 62.6 Å². The fraction of sp³-hybridized carbons (Fsp3) is 0.333. The van der Waals surface area contributed by atoms with Crippen molar-refractivity contribution in [2.45, 2.75) is 31.0 Å². The van der Waals surface area contributed by atoms with Crippen LogP contribution in [0.4, 0.5) is 30.7 Å². The maximum Gasteiger partial charge on any atom is 0.435 e. The van der Waals surface area contributed by atoms with Gasteiger partial charge in [-0.25, -0.2) is 12.8 Å². The van der Waals surface area contributed by atoms with E-state index in [9.17, 15) is 48.7 Å². The summed E-state index contributed by atoms with van der Waals surface area (Å²) in [6.45, 7) is 1.36. The van der Waals surface area contributed by atoms with Crippen molar-refractivity contribution in [1.82, 2.24) is 5.32 Å². The van der Waals surface area contributed by atoms with Crippen LogP contribution in [0.5, 0.6) is 0 Å². The van der Waals surface area contributed by atoms with E-state index in [1.807, 2.05) is 0 Å². The van der Waals surface area contributed by atoms with Gasteiger partial charge >= 0.3 is 18.0 Å². The molecule has 1 unspecified atom stereocenters. The highest BCUT2D eigenvalue weighted by Gasteiger charge is 2.73. The number of halogens is 7. The number of alkyl halides is 7. The number of nitrogens with two attached hydrogens (primary N) is 1. The lowest BCUT2D eigenvalue weighted by Gasteiger charge is -2.30. The molecule has 2 amide bonds. The third-order valence-electron chi connectivity index (χ3n) is 4.86. The first-order valence-electron chi connectivity index (χ1n) is 9.64. The van der Waals surface area contributed by atoms with Crippen LogP contribution < -0.4 is 11.1 Å². The zero-order valence-corrected chi connectivity index (χ0v) is 18.9. The van der Waals surface area contributed by atoms with Crippen molar-refractivity contribution in [2.24, 2.45) is 5.73 Å². The quantitative estimate of drug-likeness (QED) is 0.532. The molecule has 35 heavy (non-hydrogen) atoms. The van der Waals surface area contributed by atoms with Crippen molar-refractivity contribution in [2.75, 3.05) is 12.0 Å². The summed E-state index contributed by atoms with van der Waals surface area (Å²) in [7, 11) is -3.51. The molecule has 0 aromatic heterocycles. The first kappa shape index (κ1) is 28.1. The molecule has 192 valence electrons. The Balaban J connectivity index is 2.61. The molecule has 0 radical (unpaired) electrons. The number of sulfone groups is 1. The molecule has 2 aromatic carbocycles. The molecule has 1 atom stereocenters. The molecule has 2 rings (SSSR count). The molecule has 3 N–H and O–H groups in total. The number of amides is 2. The normalized spacial score (nSPS) is 13.9. The minimum atomic E-state index is -6.31. The highest BCUT2D eigenvalue weighted by molar-refractivity contribution is 7.90. The second-order valence-electron chi connectivity index (χ2n) is 7.79. The van der Waals surface area contributed by atoms with Crippen molar-refractivity contribution in [3.63, 3.8) is 0 Å². The third-order valence-corrected chi connectivity index (χ3v) is 5.97. The molecule has 0 spiro atoms. The van der Waals surface area contributed by atoms with Gasteiger partial charge in [-0.3, -0.25) is 9.59 Å². The van der Waals surface area contributed by atoms with Crippen LogP contribution >= 0.6 is 0 Å². The van der Waals surface area contributed by atoms with E-state index in [0.717, 1.165) is 24.5 Å². The minimum Gasteiger partial charge on any atom is -0.366 e. The Kier molecular flexibility index (Phi) is 7.60. The molecule has 2 aromatic rings. The Hall–Kier alpha value is -3.16. The van der Waals surface area contributed by atoms with Crippen molar-refractivity contribution in [1.29, 1.82) is 0 Å². The molecule has 0 fully saturated rings. The number of hydrogen-bond acceptors (Lipinski definition) is 4. The van der Waals surface area contributed by atoms with E-state index >= 15 is 0 Å². The minimum absolute atomic E-state index is 0.125. The second-order valence-corrected chi connectivity index (χ2v) is 9.98. The highest BCUT2D eigenvalue weighted by atomic mass is 32.2. The van der Waals surface area contributed by atoms with Crippen LogP contribution in [-0.4, -0.2) is 50.6 Å². The number of rotatable bonds is 7. The molecule has 0 aliphatic heterocycles. The van der Waals surface area contributed by atoms with Gasteiger partial charge in [0.15, 0.2) is 0 Å². The summed E-state index contributed by atoms with van der Waals surface area (Å²) in [5.41, 5.74) is -3.09. The predicted octanol–water partition coefficient (Wildman–Crippen LogP) is 3.90. The number of carbonyl (C=O) groups is 2. The Labute approximate surface area is 195 Å². The van der Waals surface area contributed by atoms with Crippen LogP contribution in [0.25, 0.3) is 11.1 Å². The van der Waals surface area contributed by atoms with Crippen LogP contribution in [0.15, 0.2) is 42.5 Å². The fourth-order valence-corrected chi connectivity index (χ4v) is 4.39. The molecule has 0 heterocycles. The Morgan fingerprint density at radius 2 is 1.46 bits per heavy atom. The predicted molar refractivity (Wildman–Crippen MR) is 112 cm³/mol. The van der Waals surface area contributed by atoms with Gasteiger partial charge in [0, 0.05) is 17.9 Å². The average molecular weight is 528 g/mol. The van der Waals surface area contributed by atoms with Crippen LogP contribution in [0.2, 0.25) is 0 Å². The van der Waals surface area contributed by atoms with Gasteiger partial charge in [0.05, 0.1) is 16.9 Å². The molecule has 0 bridgehead atoms. The molecule has 0 aliphatic carbocycles. The van der Waals surface area contributed by atoms with Gasteiger partial charge < -0.3 is 11.1 Å². The SMILES string of the molecule is CC(CS(C)(=O)=O)NC(=O)c1c(C(N)=O)cccc1-c1ccc(C(F)(C(F)(F)F)C(F)(F)F)cc1. The number of primary amides is 1. The number of carbonyl (C=O) groups excluding carboxylic acids is 2. The first-order valence-corrected chi connectivity index (χ1v) is 11.7. The van der Waals surface area contributed by atoms with E-state index in [4.69, 9.17) is 5.73 Å². The lowest BCUT2D eigenvalue weighted by molar-refractivity contribution is -0.348. The van der Waals surface area contributed by atoms with Gasteiger partial charge in [-0.05, 0) is 24.1 Å². The average Bonchev–Trinajstić information content (AvgIpc) is 2.69. The van der Waals surface area contributed by atoms with E-state index in [1.54, 1.807) is 0 Å². The summed E-state index contributed by atoms with van der Waals surface area (Å²) in [5.74, 6) is -2.52. The van der Waals surface area contributed by atoms with Crippen molar-refractivity contribution in [3.8, 4) is 11.1 Å². The van der Waals surface area contributed by atoms with Gasteiger partial charge in [0.2, 0.25) is 5.91 Å². The highest BCUT2D eigenvalue weighted by Crippen LogP contribution is 2.53. The summed E-state index contributed by atoms with van der Waals surface area (Å²) >= 11 is 0. The van der Waals surface area contributed by atoms with Crippen molar-refractivity contribution >= 4 is 21.7 Å². The molecule has 14 heteroatoms. The third kappa shape index (κ3) is 5.92. The molecular weight excluding hydrogens is 509 g/mol. The largest absolute Gasteiger partial charge is 0.435 e. The van der Waals surface area contributed by atoms with E-state index in [1.165, 1.54) is 19.1 Å². The summed E-state index contributed by atoms with van der Waals surface area (Å²) < 4.78 is 115. The second kappa shape index (κ2) is 9.47. The molecule has 0 saturated carbocycles. The summed E-state index contributed by atoms with van der Waals surface area (Å²) in [4.78, 5) is 24.8. The van der Waals surface area contributed by atoms with E-state index in [-0.39, 0.29) is 28.8 Å². The summed E-state index contributed by atoms with van der Waals surface area (Å²) in [6.07, 6.45) is -11.7. The Bertz CT molecular complexity index is 1210. The lowest BCUT2D eigenvalue weighted by Crippen LogP contribution is -2.50. The van der Waals surface area contributed by atoms with Crippen molar-refractivity contribution in [3.05, 3.63) is 59.2 Å². The zero-order valence-electron chi connectivity index (χ0n) is 18.1. The molecular formula is C21H19F7N2O4S. The standard InChI is InChI=1S/C21H19F7N2O4S/c1-11(10-35(2,33)34)30-18(32)16-14(4-3-5-15(16)17(29)31)12-6-8-13(9-7-12)19(22,20(23,24)25)21(26,27)28/h3-9,11H,10H2,1-2H3,(H2,29,31)(H,30,32). The summed E-state index contributed by atoms with van der Waals surface area (Å²) in [5, 5.41) is 2.35. The maximum atomic E-state index is 14.3. The molecule has 6 nitrogen and oxygen atoms in total. The van der Waals surface area contributed by atoms with Gasteiger partial charge in [0.25, 0.3) is 5.91 Å². The summed E-state index contributed by atoms with van der Waals surface area (Å²) in [6, 6.07) is 4.67. The van der Waals surface area contributed by atoms with E-state index in [2.05, 4.69) is 5.32 Å². The van der Waals surface area contributed by atoms with E-state index in [0.29, 0.717) is 0 Å². The fourth-order valence-electron chi connectivity index (χ4n) is 3.40. The number of benzene rings is 2. The number of nitrogens with one attached hydrogen (secondary N) is 1. The first-order chi connectivity index (χ1) is 15.8. The zero-order chi connectivity index (χ0) is 27.0. The Morgan fingerprint density at radius 3 is 1.89 bits per heavy atom. The van der Waals surface area contributed by atoms with Gasteiger partial charge in [-0.2, -0.15) is 26.3 Å². The van der Waals surface area contributed by atoms with Crippen LogP contribution in [0.3, 0.4) is 0 Å². The van der Waals surface area contributed by atoms with Gasteiger partial charge in [0.1, 0.15) is 9.84 Å². The maximum absolute atomic E-state index is 14.3. The van der Waals surface area contributed by atoms with Crippen LogP contribution in [-0.2, 0) is 15.5 Å². The van der Waals surface area contributed by atoms with Crippen molar-refractivity contribution < 1.29 is 48.7 Å². The molecule has 0 aliphatic rings. The Morgan fingerprint density at radius 1 is 0.943 bits per heavy atom. The monoisotopic (exact) mass is 528 g/mol. The number of hydrogen-bond donors (Lipinski definition) is 2.